The van der Waals surface area contributed by atoms with Gasteiger partial charge in [0.1, 0.15) is 0 Å². The molecule has 310 valence electrons. The minimum atomic E-state index is -0.230. The molecule has 3 aromatic rings. The number of benzene rings is 1. The van der Waals surface area contributed by atoms with Crippen LogP contribution < -0.4 is 0 Å². The quantitative estimate of drug-likeness (QED) is 0.254. The molecule has 8 fully saturated rings. The Morgan fingerprint density at radius 2 is 0.800 bits per heavy atom. The minimum absolute atomic E-state index is 0.0323. The largest absolute Gasteiger partial charge is 0.292 e. The number of ketones is 4. The molecule has 0 saturated heterocycles. The first-order chi connectivity index (χ1) is 29.3. The molecular weight excluding hydrogens is 785 g/mol. The van der Waals surface area contributed by atoms with Gasteiger partial charge in [0.15, 0.2) is 34.6 Å². The molecule has 8 unspecified atom stereocenters. The number of aliphatic imine (C=N–C) groups is 2. The van der Waals surface area contributed by atoms with E-state index >= 15 is 0 Å². The third-order valence-corrected chi connectivity index (χ3v) is 20.2. The van der Waals surface area contributed by atoms with Crippen molar-refractivity contribution < 1.29 is 19.2 Å². The highest BCUT2D eigenvalue weighted by Gasteiger charge is 2.56. The van der Waals surface area contributed by atoms with Gasteiger partial charge in [0, 0.05) is 34.5 Å². The molecule has 2 aromatic heterocycles. The van der Waals surface area contributed by atoms with Crippen molar-refractivity contribution in [2.24, 2.45) is 57.3 Å². The van der Waals surface area contributed by atoms with Crippen LogP contribution in [0.2, 0.25) is 0 Å². The summed E-state index contributed by atoms with van der Waals surface area (Å²) in [4.78, 5) is 78.5. The van der Waals surface area contributed by atoms with E-state index in [4.69, 9.17) is 20.0 Å². The highest BCUT2D eigenvalue weighted by molar-refractivity contribution is 7.19. The van der Waals surface area contributed by atoms with Crippen molar-refractivity contribution in [3.8, 4) is 20.9 Å². The molecule has 0 aliphatic heterocycles. The number of hydrogen-bond donors (Lipinski definition) is 0. The number of carbonyl (C=O) groups excluding carboxylic acids is 4. The monoisotopic (exact) mass is 838 g/mol. The van der Waals surface area contributed by atoms with Crippen LogP contribution >= 0.6 is 22.7 Å². The van der Waals surface area contributed by atoms with Gasteiger partial charge in [-0.1, -0.05) is 113 Å². The van der Waals surface area contributed by atoms with Gasteiger partial charge < -0.3 is 0 Å². The molecule has 0 bridgehead atoms. The number of Topliss-reactive ketones (excluding diaryl/α,β-unsaturated/α-hetero) is 4. The number of hydrogen-bond acceptors (Lipinski definition) is 10. The summed E-state index contributed by atoms with van der Waals surface area (Å²) in [5.74, 6) is 1.38. The smallest absolute Gasteiger partial charge is 0.210 e. The summed E-state index contributed by atoms with van der Waals surface area (Å²) in [6.07, 6.45) is 24.1. The first-order valence-corrected chi connectivity index (χ1v) is 25.5. The van der Waals surface area contributed by atoms with Crippen LogP contribution in [0.15, 0.2) is 22.1 Å². The van der Waals surface area contributed by atoms with Crippen molar-refractivity contribution in [1.29, 1.82) is 0 Å². The van der Waals surface area contributed by atoms with E-state index < -0.39 is 0 Å². The molecule has 8 saturated carbocycles. The summed E-state index contributed by atoms with van der Waals surface area (Å²) in [5, 5.41) is 1.13. The lowest BCUT2D eigenvalue weighted by Gasteiger charge is -2.39. The Kier molecular flexibility index (Phi) is 8.35. The fourth-order valence-corrected chi connectivity index (χ4v) is 17.5. The molecule has 2 heterocycles. The third-order valence-electron chi connectivity index (χ3n) is 18.3. The number of thiazole rings is 2. The molecule has 13 rings (SSSR count). The highest BCUT2D eigenvalue weighted by atomic mass is 32.1. The van der Waals surface area contributed by atoms with Crippen LogP contribution in [0.1, 0.15) is 164 Å². The van der Waals surface area contributed by atoms with Crippen LogP contribution in [0, 0.1) is 47.3 Å². The topological polar surface area (TPSA) is 119 Å². The molecule has 8 nitrogen and oxygen atoms in total. The standard InChI is InChI=1S/C50H54N4O4S2/c55-39-29-19-25-11-3-4-12-26(25)20-30(29)40(56)37(39)51-47-53-45-43(59-47)33-24-36-34(23-35(33)49(45)15-7-1-8-16-49)44-46(50(36)17-9-2-10-18-50)54-48(60-44)52-38-41(57)31-21-27-13-5-6-14-28(27)22-32(31)42(38)58/h23-32H,1-22H2. The van der Waals surface area contributed by atoms with Gasteiger partial charge in [-0.15, -0.1) is 0 Å². The van der Waals surface area contributed by atoms with Crippen LogP contribution in [0.25, 0.3) is 20.9 Å². The second-order valence-electron chi connectivity index (χ2n) is 20.9. The molecule has 10 heteroatoms. The van der Waals surface area contributed by atoms with Crippen molar-refractivity contribution in [2.75, 3.05) is 0 Å². The molecule has 0 N–H and O–H groups in total. The van der Waals surface area contributed by atoms with Crippen molar-refractivity contribution in [3.05, 3.63) is 34.6 Å². The molecule has 8 atom stereocenters. The van der Waals surface area contributed by atoms with Crippen molar-refractivity contribution in [3.63, 3.8) is 0 Å². The fraction of sp³-hybridized carbons (Fsp3) is 0.640. The van der Waals surface area contributed by atoms with Gasteiger partial charge in [-0.05, 0) is 109 Å². The van der Waals surface area contributed by atoms with Crippen LogP contribution in [0.4, 0.5) is 10.3 Å². The fourth-order valence-electron chi connectivity index (χ4n) is 15.4. The minimum Gasteiger partial charge on any atom is -0.292 e. The van der Waals surface area contributed by atoms with Gasteiger partial charge in [0.05, 0.1) is 21.1 Å². The van der Waals surface area contributed by atoms with E-state index in [9.17, 15) is 19.2 Å². The van der Waals surface area contributed by atoms with E-state index in [1.807, 2.05) is 0 Å². The SMILES string of the molecule is O=C1C(=Nc2nc3c(s2)-c2cc4c(cc2C32CCCCC2)-c2sc(N=C3C(=O)C5CC6CCCCC6CC5C3=O)nc2C42CCCCC2)C(=O)C2CC3CCCCC3CC12. The zero-order chi connectivity index (χ0) is 40.1. The summed E-state index contributed by atoms with van der Waals surface area (Å²) in [7, 11) is 0. The van der Waals surface area contributed by atoms with E-state index in [2.05, 4.69) is 12.1 Å². The summed E-state index contributed by atoms with van der Waals surface area (Å²) in [6.45, 7) is 0. The van der Waals surface area contributed by atoms with Crippen molar-refractivity contribution in [1.82, 2.24) is 9.97 Å². The second-order valence-corrected chi connectivity index (χ2v) is 22.9. The average Bonchev–Trinajstić information content (AvgIpc) is 4.09. The first-order valence-electron chi connectivity index (χ1n) is 23.9. The molecule has 10 aliphatic carbocycles. The Bertz CT molecular complexity index is 2240. The molecule has 0 radical (unpaired) electrons. The average molecular weight is 839 g/mol. The first kappa shape index (κ1) is 37.1. The molecule has 2 spiro atoms. The maximum absolute atomic E-state index is 13.9. The van der Waals surface area contributed by atoms with Crippen molar-refractivity contribution in [2.45, 2.75) is 152 Å². The van der Waals surface area contributed by atoms with Gasteiger partial charge in [0.25, 0.3) is 0 Å². The Morgan fingerprint density at radius 1 is 0.467 bits per heavy atom. The molecule has 60 heavy (non-hydrogen) atoms. The van der Waals surface area contributed by atoms with E-state index in [0.717, 1.165) is 98.2 Å². The molecule has 10 aliphatic rings. The zero-order valence-corrected chi connectivity index (χ0v) is 36.2. The maximum atomic E-state index is 13.9. The van der Waals surface area contributed by atoms with Crippen molar-refractivity contribution >= 4 is 67.5 Å². The van der Waals surface area contributed by atoms with Crippen LogP contribution in [0.5, 0.6) is 0 Å². The molecule has 0 amide bonds. The Morgan fingerprint density at radius 3 is 1.13 bits per heavy atom. The summed E-state index contributed by atoms with van der Waals surface area (Å²) < 4.78 is 0. The number of fused-ring (bicyclic) bond motifs is 14. The van der Waals surface area contributed by atoms with E-state index in [1.54, 1.807) is 22.7 Å². The Labute approximate surface area is 360 Å². The second kappa shape index (κ2) is 13.5. The summed E-state index contributed by atoms with van der Waals surface area (Å²) in [5.41, 5.74) is 7.27. The summed E-state index contributed by atoms with van der Waals surface area (Å²) in [6, 6.07) is 4.95. The third kappa shape index (κ3) is 5.12. The van der Waals surface area contributed by atoms with Gasteiger partial charge >= 0.3 is 0 Å². The lowest BCUT2D eigenvalue weighted by atomic mass is 9.64. The van der Waals surface area contributed by atoms with E-state index in [-0.39, 0.29) is 69.1 Å². The predicted molar refractivity (Wildman–Crippen MR) is 234 cm³/mol. The number of nitrogens with zero attached hydrogens (tertiary/aromatic N) is 4. The lowest BCUT2D eigenvalue weighted by molar-refractivity contribution is -0.123. The predicted octanol–water partition coefficient (Wildman–Crippen LogP) is 11.2. The normalized spacial score (nSPS) is 34.2. The van der Waals surface area contributed by atoms with E-state index in [0.29, 0.717) is 33.9 Å². The van der Waals surface area contributed by atoms with Gasteiger partial charge in [0.2, 0.25) is 10.3 Å². The van der Waals surface area contributed by atoms with Crippen LogP contribution in [0.3, 0.4) is 0 Å². The maximum Gasteiger partial charge on any atom is 0.210 e. The Hall–Kier alpha value is -3.50. The highest BCUT2D eigenvalue weighted by Crippen LogP contribution is 2.64. The van der Waals surface area contributed by atoms with Gasteiger partial charge in [-0.2, -0.15) is 0 Å². The molecule has 1 aromatic carbocycles. The van der Waals surface area contributed by atoms with Crippen LogP contribution in [-0.4, -0.2) is 44.5 Å². The van der Waals surface area contributed by atoms with Gasteiger partial charge in [-0.25, -0.2) is 20.0 Å². The molecular formula is C50H54N4O4S2. The number of rotatable bonds is 2. The lowest BCUT2D eigenvalue weighted by Crippen LogP contribution is -2.35. The number of carbonyl (C=O) groups is 4. The summed E-state index contributed by atoms with van der Waals surface area (Å²) >= 11 is 3.16. The van der Waals surface area contributed by atoms with Crippen LogP contribution in [-0.2, 0) is 30.0 Å². The Balaban J connectivity index is 0.882. The number of aromatic nitrogens is 2. The zero-order valence-electron chi connectivity index (χ0n) is 34.6. The van der Waals surface area contributed by atoms with E-state index in [1.165, 1.54) is 86.5 Å². The van der Waals surface area contributed by atoms with Gasteiger partial charge in [-0.3, -0.25) is 19.2 Å².